The first-order valence-electron chi connectivity index (χ1n) is 5.37. The second-order valence-corrected chi connectivity index (χ2v) is 3.58. The maximum Gasteiger partial charge on any atom is 0.271 e. The number of carbonyl (C=O) groups excluding carboxylic acids is 1. The third-order valence-corrected chi connectivity index (χ3v) is 2.33. The number of nitrogens with zero attached hydrogens (tertiary/aromatic N) is 2. The zero-order chi connectivity index (χ0) is 14.0. The van der Waals surface area contributed by atoms with Crippen molar-refractivity contribution in [1.82, 2.24) is 15.4 Å². The van der Waals surface area contributed by atoms with Crippen molar-refractivity contribution in [2.24, 2.45) is 5.73 Å². The largest absolute Gasteiger partial charge is 0.490 e. The fourth-order valence-electron chi connectivity index (χ4n) is 1.62. The predicted molar refractivity (Wildman–Crippen MR) is 61.4 cm³/mol. The number of amides is 1. The molecule has 3 N–H and O–H groups in total. The van der Waals surface area contributed by atoms with Gasteiger partial charge in [0, 0.05) is 6.07 Å². The van der Waals surface area contributed by atoms with Crippen LogP contribution in [0.4, 0.5) is 8.78 Å². The van der Waals surface area contributed by atoms with Crippen molar-refractivity contribution in [3.63, 3.8) is 0 Å². The zero-order valence-electron chi connectivity index (χ0n) is 9.91. The molecule has 2 rings (SSSR count). The van der Waals surface area contributed by atoms with E-state index in [1.165, 1.54) is 0 Å². The fraction of sp³-hybridized carbons (Fsp3) is 0.182. The van der Waals surface area contributed by atoms with Gasteiger partial charge in [-0.15, -0.1) is 0 Å². The number of rotatable bonds is 4. The number of primary amides is 1. The van der Waals surface area contributed by atoms with Crippen molar-refractivity contribution in [3.8, 4) is 17.0 Å². The minimum Gasteiger partial charge on any atom is -0.490 e. The van der Waals surface area contributed by atoms with Gasteiger partial charge in [-0.3, -0.25) is 4.79 Å². The molecule has 1 heterocycles. The average molecular weight is 268 g/mol. The average Bonchev–Trinajstić information content (AvgIpc) is 2.81. The molecular formula is C11H10F2N4O2. The molecule has 0 saturated heterocycles. The van der Waals surface area contributed by atoms with E-state index in [2.05, 4.69) is 15.4 Å². The third-order valence-electron chi connectivity index (χ3n) is 2.33. The smallest absolute Gasteiger partial charge is 0.271 e. The summed E-state index contributed by atoms with van der Waals surface area (Å²) in [6.07, 6.45) is 0. The number of aromatic amines is 1. The van der Waals surface area contributed by atoms with E-state index >= 15 is 0 Å². The van der Waals surface area contributed by atoms with Crippen molar-refractivity contribution in [1.29, 1.82) is 0 Å². The maximum absolute atomic E-state index is 13.7. The summed E-state index contributed by atoms with van der Waals surface area (Å²) in [5, 5.41) is 9.41. The van der Waals surface area contributed by atoms with Crippen molar-refractivity contribution >= 4 is 5.91 Å². The molecule has 19 heavy (non-hydrogen) atoms. The predicted octanol–water partition coefficient (Wildman–Crippen LogP) is 1.25. The van der Waals surface area contributed by atoms with Crippen LogP contribution in [0.15, 0.2) is 12.1 Å². The van der Waals surface area contributed by atoms with Crippen LogP contribution in [-0.2, 0) is 0 Å². The summed E-state index contributed by atoms with van der Waals surface area (Å²) in [5.74, 6) is -2.79. The summed E-state index contributed by atoms with van der Waals surface area (Å²) in [6, 6.07) is 1.68. The number of H-pyrrole nitrogens is 1. The summed E-state index contributed by atoms with van der Waals surface area (Å²) >= 11 is 0. The highest BCUT2D eigenvalue weighted by molar-refractivity contribution is 5.97. The van der Waals surface area contributed by atoms with Gasteiger partial charge in [0.25, 0.3) is 5.91 Å². The molecule has 0 fully saturated rings. The quantitative estimate of drug-likeness (QED) is 0.872. The summed E-state index contributed by atoms with van der Waals surface area (Å²) in [6.45, 7) is 1.81. The maximum atomic E-state index is 13.7. The molecule has 6 nitrogen and oxygen atoms in total. The van der Waals surface area contributed by atoms with E-state index in [1.54, 1.807) is 6.92 Å². The SMILES string of the molecule is CCOc1c(F)cc(F)cc1-c1n[nH]nc1C(N)=O. The first-order chi connectivity index (χ1) is 9.04. The topological polar surface area (TPSA) is 93.9 Å². The van der Waals surface area contributed by atoms with Crippen LogP contribution in [0.1, 0.15) is 17.4 Å². The van der Waals surface area contributed by atoms with Gasteiger partial charge in [0.2, 0.25) is 0 Å². The number of benzene rings is 1. The van der Waals surface area contributed by atoms with Crippen LogP contribution in [-0.4, -0.2) is 27.9 Å². The molecule has 2 aromatic rings. The standard InChI is InChI=1S/C11H10F2N4O2/c1-2-19-10-6(3-5(12)4-7(10)13)8-9(11(14)18)16-17-15-8/h3-4H,2H2,1H3,(H2,14,18)(H,15,16,17). The van der Waals surface area contributed by atoms with Crippen LogP contribution in [0, 0.1) is 11.6 Å². The Balaban J connectivity index is 2.66. The van der Waals surface area contributed by atoms with Crippen LogP contribution in [0.2, 0.25) is 0 Å². The highest BCUT2D eigenvalue weighted by Gasteiger charge is 2.22. The molecule has 0 atom stereocenters. The molecule has 0 saturated carbocycles. The molecule has 0 unspecified atom stereocenters. The van der Waals surface area contributed by atoms with Gasteiger partial charge in [-0.05, 0) is 13.0 Å². The number of nitrogens with two attached hydrogens (primary N) is 1. The summed E-state index contributed by atoms with van der Waals surface area (Å²) in [5.41, 5.74) is 4.80. The number of halogens is 2. The van der Waals surface area contributed by atoms with Gasteiger partial charge in [-0.25, -0.2) is 8.78 Å². The molecule has 100 valence electrons. The minimum atomic E-state index is -0.893. The van der Waals surface area contributed by atoms with E-state index in [-0.39, 0.29) is 29.3 Å². The van der Waals surface area contributed by atoms with Crippen LogP contribution >= 0.6 is 0 Å². The van der Waals surface area contributed by atoms with Gasteiger partial charge in [0.15, 0.2) is 17.3 Å². The van der Waals surface area contributed by atoms with Gasteiger partial charge in [0.1, 0.15) is 11.5 Å². The number of ether oxygens (including phenoxy) is 1. The van der Waals surface area contributed by atoms with Gasteiger partial charge >= 0.3 is 0 Å². The molecule has 0 aliphatic heterocycles. The zero-order valence-corrected chi connectivity index (χ0v) is 9.91. The second-order valence-electron chi connectivity index (χ2n) is 3.58. The van der Waals surface area contributed by atoms with Crippen LogP contribution < -0.4 is 10.5 Å². The number of hydrogen-bond acceptors (Lipinski definition) is 4. The Bertz CT molecular complexity index is 627. The second kappa shape index (κ2) is 5.01. The molecule has 0 bridgehead atoms. The Morgan fingerprint density at radius 1 is 1.42 bits per heavy atom. The molecule has 1 aromatic carbocycles. The molecular weight excluding hydrogens is 258 g/mol. The first-order valence-corrected chi connectivity index (χ1v) is 5.37. The third kappa shape index (κ3) is 2.37. The van der Waals surface area contributed by atoms with E-state index in [0.29, 0.717) is 6.07 Å². The Hall–Kier alpha value is -2.51. The Kier molecular flexibility index (Phi) is 3.41. The number of aromatic nitrogens is 3. The van der Waals surface area contributed by atoms with Gasteiger partial charge in [0.05, 0.1) is 12.2 Å². The highest BCUT2D eigenvalue weighted by Crippen LogP contribution is 2.33. The highest BCUT2D eigenvalue weighted by atomic mass is 19.1. The minimum absolute atomic E-state index is 0.0260. The van der Waals surface area contributed by atoms with Crippen LogP contribution in [0.25, 0.3) is 11.3 Å². The molecule has 0 aliphatic carbocycles. The lowest BCUT2D eigenvalue weighted by Crippen LogP contribution is -2.13. The van der Waals surface area contributed by atoms with E-state index in [1.807, 2.05) is 0 Å². The van der Waals surface area contributed by atoms with Crippen molar-refractivity contribution < 1.29 is 18.3 Å². The van der Waals surface area contributed by atoms with E-state index in [0.717, 1.165) is 6.07 Å². The number of hydrogen-bond donors (Lipinski definition) is 2. The number of carbonyl (C=O) groups is 1. The Labute approximate surface area is 106 Å². The molecule has 0 radical (unpaired) electrons. The van der Waals surface area contributed by atoms with E-state index in [4.69, 9.17) is 10.5 Å². The summed E-state index contributed by atoms with van der Waals surface area (Å²) < 4.78 is 32.1. The van der Waals surface area contributed by atoms with Gasteiger partial charge in [-0.1, -0.05) is 0 Å². The molecule has 0 aliphatic rings. The Morgan fingerprint density at radius 3 is 2.79 bits per heavy atom. The molecule has 1 aromatic heterocycles. The van der Waals surface area contributed by atoms with Crippen LogP contribution in [0.3, 0.4) is 0 Å². The van der Waals surface area contributed by atoms with Crippen molar-refractivity contribution in [2.45, 2.75) is 6.92 Å². The van der Waals surface area contributed by atoms with Gasteiger partial charge < -0.3 is 10.5 Å². The Morgan fingerprint density at radius 2 is 2.16 bits per heavy atom. The van der Waals surface area contributed by atoms with Crippen molar-refractivity contribution in [2.75, 3.05) is 6.61 Å². The molecule has 1 amide bonds. The van der Waals surface area contributed by atoms with Gasteiger partial charge in [-0.2, -0.15) is 15.4 Å². The fourth-order valence-corrected chi connectivity index (χ4v) is 1.62. The molecule has 8 heteroatoms. The lowest BCUT2D eigenvalue weighted by molar-refractivity contribution is 0.0996. The van der Waals surface area contributed by atoms with Crippen LogP contribution in [0.5, 0.6) is 5.75 Å². The van der Waals surface area contributed by atoms with Crippen molar-refractivity contribution in [3.05, 3.63) is 29.5 Å². The monoisotopic (exact) mass is 268 g/mol. The molecule has 0 spiro atoms. The first kappa shape index (κ1) is 12.9. The van der Waals surface area contributed by atoms with E-state index in [9.17, 15) is 13.6 Å². The normalized spacial score (nSPS) is 10.5. The lowest BCUT2D eigenvalue weighted by atomic mass is 10.1. The summed E-state index contributed by atoms with van der Waals surface area (Å²) in [4.78, 5) is 11.2. The summed E-state index contributed by atoms with van der Waals surface area (Å²) in [7, 11) is 0. The van der Waals surface area contributed by atoms with E-state index < -0.39 is 17.5 Å². The number of nitrogens with one attached hydrogen (secondary N) is 1. The lowest BCUT2D eigenvalue weighted by Gasteiger charge is -2.10.